The first-order chi connectivity index (χ1) is 11.9. The number of rotatable bonds is 7. The number of nitrogens with one attached hydrogen (secondary N) is 1. The lowest BCUT2D eigenvalue weighted by Crippen LogP contribution is -2.26. The lowest BCUT2D eigenvalue weighted by Gasteiger charge is -2.23. The molecule has 0 aliphatic carbocycles. The second-order valence-electron chi connectivity index (χ2n) is 6.56. The van der Waals surface area contributed by atoms with Crippen LogP contribution in [0, 0.1) is 11.3 Å². The van der Waals surface area contributed by atoms with Gasteiger partial charge >= 0.3 is 0 Å². The maximum absolute atomic E-state index is 11.6. The van der Waals surface area contributed by atoms with Crippen LogP contribution in [-0.4, -0.2) is 23.8 Å². The molecule has 0 bridgehead atoms. The van der Waals surface area contributed by atoms with Crippen molar-refractivity contribution in [2.75, 3.05) is 12.4 Å². The highest BCUT2D eigenvalue weighted by Gasteiger charge is 2.10. The van der Waals surface area contributed by atoms with Crippen LogP contribution in [0.15, 0.2) is 42.5 Å². The van der Waals surface area contributed by atoms with Gasteiger partial charge in [0.05, 0.1) is 11.3 Å². The Morgan fingerprint density at radius 1 is 1.20 bits per heavy atom. The molecule has 2 aromatic carbocycles. The predicted molar refractivity (Wildman–Crippen MR) is 102 cm³/mol. The number of hydrogen-bond donors (Lipinski definition) is 1. The molecular weight excluding hydrogens is 310 g/mol. The van der Waals surface area contributed by atoms with Crippen molar-refractivity contribution < 1.29 is 4.79 Å². The third-order valence-electron chi connectivity index (χ3n) is 4.44. The summed E-state index contributed by atoms with van der Waals surface area (Å²) < 4.78 is 0. The molecule has 1 N–H and O–H groups in total. The zero-order valence-corrected chi connectivity index (χ0v) is 15.3. The highest BCUT2D eigenvalue weighted by molar-refractivity contribution is 5.95. The lowest BCUT2D eigenvalue weighted by molar-refractivity contribution is 0.101. The average molecular weight is 335 g/mol. The summed E-state index contributed by atoms with van der Waals surface area (Å²) in [6, 6.07) is 16.1. The van der Waals surface area contributed by atoms with Crippen LogP contribution in [0.2, 0.25) is 0 Å². The van der Waals surface area contributed by atoms with E-state index in [4.69, 9.17) is 0 Å². The number of ketones is 1. The summed E-state index contributed by atoms with van der Waals surface area (Å²) in [5, 5.41) is 12.6. The van der Waals surface area contributed by atoms with Crippen molar-refractivity contribution in [2.24, 2.45) is 0 Å². The smallest absolute Gasteiger partial charge is 0.159 e. The van der Waals surface area contributed by atoms with Crippen LogP contribution in [0.3, 0.4) is 0 Å². The van der Waals surface area contributed by atoms with Crippen molar-refractivity contribution in [3.63, 3.8) is 0 Å². The molecule has 0 saturated carbocycles. The van der Waals surface area contributed by atoms with Gasteiger partial charge < -0.3 is 5.32 Å². The van der Waals surface area contributed by atoms with Crippen LogP contribution in [-0.2, 0) is 13.1 Å². The van der Waals surface area contributed by atoms with E-state index in [1.54, 1.807) is 18.2 Å². The minimum atomic E-state index is -0.00787. The first-order valence-corrected chi connectivity index (χ1v) is 8.48. The molecule has 2 rings (SSSR count). The molecule has 25 heavy (non-hydrogen) atoms. The zero-order valence-electron chi connectivity index (χ0n) is 15.3. The van der Waals surface area contributed by atoms with Crippen LogP contribution in [0.5, 0.6) is 0 Å². The van der Waals surface area contributed by atoms with E-state index < -0.39 is 0 Å². The van der Waals surface area contributed by atoms with Crippen molar-refractivity contribution in [1.29, 1.82) is 5.26 Å². The first kappa shape index (κ1) is 18.7. The maximum atomic E-state index is 11.6. The van der Waals surface area contributed by atoms with E-state index in [1.807, 2.05) is 12.1 Å². The Balaban J connectivity index is 2.21. The third kappa shape index (κ3) is 4.91. The molecule has 0 heterocycles. The topological polar surface area (TPSA) is 56.1 Å². The number of nitriles is 1. The summed E-state index contributed by atoms with van der Waals surface area (Å²) in [5.74, 6) is -0.00787. The fraction of sp³-hybridized carbons (Fsp3) is 0.333. The summed E-state index contributed by atoms with van der Waals surface area (Å²) in [7, 11) is 2.11. The Morgan fingerprint density at radius 3 is 2.48 bits per heavy atom. The van der Waals surface area contributed by atoms with Gasteiger partial charge in [-0.15, -0.1) is 0 Å². The van der Waals surface area contributed by atoms with Gasteiger partial charge in [-0.05, 0) is 57.1 Å². The molecule has 4 heteroatoms. The maximum Gasteiger partial charge on any atom is 0.159 e. The first-order valence-electron chi connectivity index (χ1n) is 8.48. The van der Waals surface area contributed by atoms with Crippen LogP contribution in [0.25, 0.3) is 0 Å². The molecule has 0 atom stereocenters. The van der Waals surface area contributed by atoms with Crippen LogP contribution >= 0.6 is 0 Å². The Hall–Kier alpha value is -2.64. The van der Waals surface area contributed by atoms with E-state index in [1.165, 1.54) is 18.1 Å². The molecule has 0 fully saturated rings. The van der Waals surface area contributed by atoms with Gasteiger partial charge in [0, 0.05) is 24.7 Å². The predicted octanol–water partition coefficient (Wildman–Crippen LogP) is 4.21. The number of carbonyl (C=O) groups excluding carboxylic acids is 1. The van der Waals surface area contributed by atoms with E-state index in [0.717, 1.165) is 6.54 Å². The van der Waals surface area contributed by atoms with Crippen LogP contribution < -0.4 is 5.32 Å². The number of nitrogens with zero attached hydrogens (tertiary/aromatic N) is 2. The number of hydrogen-bond acceptors (Lipinski definition) is 4. The summed E-state index contributed by atoms with van der Waals surface area (Å²) in [4.78, 5) is 13.9. The van der Waals surface area contributed by atoms with Crippen molar-refractivity contribution in [3.05, 3.63) is 64.7 Å². The van der Waals surface area contributed by atoms with E-state index in [-0.39, 0.29) is 5.78 Å². The second-order valence-corrected chi connectivity index (χ2v) is 6.56. The molecule has 0 saturated heterocycles. The van der Waals surface area contributed by atoms with Gasteiger partial charge in [0.1, 0.15) is 6.07 Å². The van der Waals surface area contributed by atoms with Crippen LogP contribution in [0.1, 0.15) is 47.8 Å². The highest BCUT2D eigenvalue weighted by atomic mass is 16.1. The molecule has 2 aromatic rings. The SMILES string of the molecule is CC(=O)c1ccc(C#N)c(NCc2ccccc2CN(C)C(C)C)c1. The minimum Gasteiger partial charge on any atom is -0.380 e. The zero-order chi connectivity index (χ0) is 18.4. The van der Waals surface area contributed by atoms with Crippen LogP contribution in [0.4, 0.5) is 5.69 Å². The molecule has 0 unspecified atom stereocenters. The molecule has 0 aliphatic heterocycles. The second kappa shape index (κ2) is 8.46. The van der Waals surface area contributed by atoms with Crippen molar-refractivity contribution in [3.8, 4) is 6.07 Å². The van der Waals surface area contributed by atoms with Gasteiger partial charge in [-0.25, -0.2) is 0 Å². The molecular formula is C21H25N3O. The van der Waals surface area contributed by atoms with Gasteiger partial charge in [0.25, 0.3) is 0 Å². The molecule has 0 radical (unpaired) electrons. The monoisotopic (exact) mass is 335 g/mol. The van der Waals surface area contributed by atoms with E-state index in [0.29, 0.717) is 29.4 Å². The fourth-order valence-electron chi connectivity index (χ4n) is 2.53. The molecule has 0 amide bonds. The Kier molecular flexibility index (Phi) is 6.32. The average Bonchev–Trinajstić information content (AvgIpc) is 2.60. The molecule has 0 aromatic heterocycles. The van der Waals surface area contributed by atoms with Crippen molar-refractivity contribution in [1.82, 2.24) is 4.90 Å². The standard InChI is InChI=1S/C21H25N3O/c1-15(2)24(4)14-20-8-6-5-7-19(20)13-23-21-11-17(16(3)25)9-10-18(21)12-22/h5-11,15,23H,13-14H2,1-4H3. The molecule has 0 spiro atoms. The van der Waals surface area contributed by atoms with Gasteiger partial charge in [0.15, 0.2) is 5.78 Å². The molecule has 4 nitrogen and oxygen atoms in total. The normalized spacial score (nSPS) is 10.8. The van der Waals surface area contributed by atoms with Gasteiger partial charge in [-0.2, -0.15) is 5.26 Å². The lowest BCUT2D eigenvalue weighted by atomic mass is 10.0. The Bertz CT molecular complexity index is 790. The van der Waals surface area contributed by atoms with Crippen molar-refractivity contribution in [2.45, 2.75) is 39.9 Å². The highest BCUT2D eigenvalue weighted by Crippen LogP contribution is 2.20. The van der Waals surface area contributed by atoms with E-state index in [2.05, 4.69) is 49.3 Å². The van der Waals surface area contributed by atoms with E-state index >= 15 is 0 Å². The van der Waals surface area contributed by atoms with Gasteiger partial charge in [0.2, 0.25) is 0 Å². The number of anilines is 1. The molecule has 0 aliphatic rings. The third-order valence-corrected chi connectivity index (χ3v) is 4.44. The number of benzene rings is 2. The minimum absolute atomic E-state index is 0.00787. The number of carbonyl (C=O) groups is 1. The summed E-state index contributed by atoms with van der Waals surface area (Å²) >= 11 is 0. The fourth-order valence-corrected chi connectivity index (χ4v) is 2.53. The summed E-state index contributed by atoms with van der Waals surface area (Å²) in [5.41, 5.74) is 4.29. The quantitative estimate of drug-likeness (QED) is 0.770. The summed E-state index contributed by atoms with van der Waals surface area (Å²) in [6.45, 7) is 7.36. The molecule has 130 valence electrons. The van der Waals surface area contributed by atoms with Gasteiger partial charge in [-0.3, -0.25) is 9.69 Å². The Labute approximate surface area is 150 Å². The van der Waals surface area contributed by atoms with E-state index in [9.17, 15) is 10.1 Å². The van der Waals surface area contributed by atoms with Crippen molar-refractivity contribution >= 4 is 11.5 Å². The Morgan fingerprint density at radius 2 is 1.88 bits per heavy atom. The summed E-state index contributed by atoms with van der Waals surface area (Å²) in [6.07, 6.45) is 0. The van der Waals surface area contributed by atoms with Gasteiger partial charge in [-0.1, -0.05) is 24.3 Å². The number of Topliss-reactive ketones (excluding diaryl/α,β-unsaturated/α-hetero) is 1. The largest absolute Gasteiger partial charge is 0.380 e.